The van der Waals surface area contributed by atoms with E-state index in [1.807, 2.05) is 68.1 Å². The molecule has 3 heterocycles. The molecule has 1 aromatic heterocycles. The fraction of sp³-hybridized carbons (Fsp3) is 0.343. The summed E-state index contributed by atoms with van der Waals surface area (Å²) in [5.74, 6) is -1.01. The quantitative estimate of drug-likeness (QED) is 0.193. The number of nitrogens with one attached hydrogen (secondary N) is 1. The van der Waals surface area contributed by atoms with E-state index in [1.165, 1.54) is 12.1 Å². The van der Waals surface area contributed by atoms with Crippen molar-refractivity contribution < 1.29 is 37.5 Å². The van der Waals surface area contributed by atoms with Gasteiger partial charge in [-0.25, -0.2) is 0 Å². The predicted octanol–water partition coefficient (Wildman–Crippen LogP) is 6.37. The molecule has 4 aromatic rings. The number of carbonyl (C=O) groups is 3. The fourth-order valence-electron chi connectivity index (χ4n) is 6.52. The van der Waals surface area contributed by atoms with Crippen molar-refractivity contribution in [1.29, 1.82) is 0 Å². The monoisotopic (exact) mass is 695 g/mol. The average molecular weight is 696 g/mol. The highest BCUT2D eigenvalue weighted by Crippen LogP contribution is 2.59. The van der Waals surface area contributed by atoms with Crippen LogP contribution in [0.5, 0.6) is 0 Å². The first-order valence-corrected chi connectivity index (χ1v) is 18.0. The number of halogens is 2. The Morgan fingerprint density at radius 3 is 2.35 bits per heavy atom. The molecular weight excluding hydrogens is 659 g/mol. The van der Waals surface area contributed by atoms with Crippen LogP contribution >= 0.6 is 18.9 Å². The number of thiophene rings is 1. The minimum absolute atomic E-state index is 0.130. The molecule has 0 saturated carbocycles. The maximum atomic E-state index is 14.5. The van der Waals surface area contributed by atoms with E-state index in [0.29, 0.717) is 17.8 Å². The molecule has 1 fully saturated rings. The molecule has 48 heavy (non-hydrogen) atoms. The third-order valence-corrected chi connectivity index (χ3v) is 11.2. The standard InChI is InChI=1S/C35H36F2N3O6PS/c1-34(2,3)30(38-31(41)28-18-24-17-25(13-14-27(24)48-28)35(36,37)47(44,45)46)33(43)40-20-23-11-7-8-12-26(23)29(40)32(42)39-16-15-22(19-39)21-9-5-4-6-10-21/h4-14,17-18,22,29-30H,15-16,19-20H2,1-3H3,(H,38,41)(H2,44,45,46)/t22-,29-,30?/m0/s1. The molecule has 3 amide bonds. The molecule has 2 aliphatic rings. The van der Waals surface area contributed by atoms with Gasteiger partial charge in [-0.05, 0) is 52.1 Å². The number of hydrogen-bond donors (Lipinski definition) is 3. The number of hydrogen-bond acceptors (Lipinski definition) is 5. The summed E-state index contributed by atoms with van der Waals surface area (Å²) >= 11 is 1.00. The highest BCUT2D eigenvalue weighted by molar-refractivity contribution is 7.52. The van der Waals surface area contributed by atoms with Crippen molar-refractivity contribution in [1.82, 2.24) is 15.1 Å². The molecule has 3 atom stereocenters. The number of fused-ring (bicyclic) bond motifs is 2. The summed E-state index contributed by atoms with van der Waals surface area (Å²) in [5.41, 5.74) is -3.27. The molecule has 1 saturated heterocycles. The highest BCUT2D eigenvalue weighted by Gasteiger charge is 2.50. The lowest BCUT2D eigenvalue weighted by molar-refractivity contribution is -0.147. The summed E-state index contributed by atoms with van der Waals surface area (Å²) < 4.78 is 40.6. The van der Waals surface area contributed by atoms with E-state index in [-0.39, 0.29) is 28.6 Å². The number of carbonyl (C=O) groups excluding carboxylic acids is 3. The zero-order valence-corrected chi connectivity index (χ0v) is 28.3. The summed E-state index contributed by atoms with van der Waals surface area (Å²) in [5, 5.41) is 3.05. The zero-order valence-electron chi connectivity index (χ0n) is 26.6. The van der Waals surface area contributed by atoms with Gasteiger partial charge in [-0.3, -0.25) is 18.9 Å². The largest absolute Gasteiger partial charge is 0.399 e. The van der Waals surface area contributed by atoms with Crippen molar-refractivity contribution >= 4 is 46.7 Å². The molecule has 0 aliphatic carbocycles. The summed E-state index contributed by atoms with van der Waals surface area (Å²) in [6.07, 6.45) is 0.812. The SMILES string of the molecule is CC(C)(C)C(NC(=O)c1cc2cc(C(F)(F)P(=O)(O)O)ccc2s1)C(=O)N1Cc2ccccc2[C@H]1C(=O)N1CC[C@H](c2ccccc2)C1. The van der Waals surface area contributed by atoms with Gasteiger partial charge in [0.15, 0.2) is 0 Å². The van der Waals surface area contributed by atoms with Crippen LogP contribution in [0.3, 0.4) is 0 Å². The zero-order chi connectivity index (χ0) is 34.6. The predicted molar refractivity (Wildman–Crippen MR) is 179 cm³/mol. The van der Waals surface area contributed by atoms with E-state index in [2.05, 4.69) is 17.4 Å². The fourth-order valence-corrected chi connectivity index (χ4v) is 7.94. The Morgan fingerprint density at radius 1 is 0.979 bits per heavy atom. The second-order valence-corrected chi connectivity index (χ2v) is 16.2. The highest BCUT2D eigenvalue weighted by atomic mass is 32.1. The normalized spacial score (nSPS) is 19.0. The Kier molecular flexibility index (Phi) is 8.83. The third-order valence-electron chi connectivity index (χ3n) is 9.13. The maximum absolute atomic E-state index is 14.5. The molecule has 252 valence electrons. The van der Waals surface area contributed by atoms with Crippen molar-refractivity contribution in [2.45, 2.75) is 57.4 Å². The first kappa shape index (κ1) is 33.9. The lowest BCUT2D eigenvalue weighted by Gasteiger charge is -2.36. The number of rotatable bonds is 7. The van der Waals surface area contributed by atoms with Gasteiger partial charge in [0.1, 0.15) is 12.1 Å². The molecule has 13 heteroatoms. The van der Waals surface area contributed by atoms with Crippen LogP contribution in [0.4, 0.5) is 8.78 Å². The Hall–Kier alpha value is -3.96. The Balaban J connectivity index is 1.26. The number of amides is 3. The maximum Gasteiger partial charge on any atom is 0.399 e. The van der Waals surface area contributed by atoms with Crippen LogP contribution in [0, 0.1) is 5.41 Å². The van der Waals surface area contributed by atoms with Crippen molar-refractivity contribution in [3.8, 4) is 0 Å². The number of likely N-dealkylation sites (tertiary alicyclic amines) is 1. The molecule has 1 unspecified atom stereocenters. The second kappa shape index (κ2) is 12.5. The molecule has 3 aromatic carbocycles. The number of benzene rings is 3. The first-order chi connectivity index (χ1) is 22.6. The summed E-state index contributed by atoms with van der Waals surface area (Å²) in [4.78, 5) is 64.1. The van der Waals surface area contributed by atoms with Gasteiger partial charge in [0, 0.05) is 35.8 Å². The second-order valence-electron chi connectivity index (χ2n) is 13.5. The minimum Gasteiger partial charge on any atom is -0.340 e. The van der Waals surface area contributed by atoms with Gasteiger partial charge >= 0.3 is 13.3 Å². The topological polar surface area (TPSA) is 127 Å². The van der Waals surface area contributed by atoms with Crippen LogP contribution in [0.25, 0.3) is 10.1 Å². The Morgan fingerprint density at radius 2 is 1.67 bits per heavy atom. The lowest BCUT2D eigenvalue weighted by Crippen LogP contribution is -2.55. The summed E-state index contributed by atoms with van der Waals surface area (Å²) in [6, 6.07) is 20.1. The van der Waals surface area contributed by atoms with E-state index in [9.17, 15) is 27.7 Å². The molecule has 2 aliphatic heterocycles. The molecule has 6 rings (SSSR count). The van der Waals surface area contributed by atoms with E-state index in [4.69, 9.17) is 9.79 Å². The van der Waals surface area contributed by atoms with E-state index in [0.717, 1.165) is 46.6 Å². The number of nitrogens with zero attached hydrogens (tertiary/aromatic N) is 2. The Labute approximate surface area is 280 Å². The third kappa shape index (κ3) is 6.30. The molecule has 0 bridgehead atoms. The van der Waals surface area contributed by atoms with E-state index >= 15 is 0 Å². The van der Waals surface area contributed by atoms with Gasteiger partial charge in [0.2, 0.25) is 11.8 Å². The Bertz CT molecular complexity index is 1940. The van der Waals surface area contributed by atoms with Crippen molar-refractivity contribution in [3.63, 3.8) is 0 Å². The molecule has 0 spiro atoms. The van der Waals surface area contributed by atoms with Crippen LogP contribution in [0.2, 0.25) is 0 Å². The summed E-state index contributed by atoms with van der Waals surface area (Å²) in [7, 11) is -5.78. The smallest absolute Gasteiger partial charge is 0.340 e. The van der Waals surface area contributed by atoms with Crippen molar-refractivity contribution in [2.24, 2.45) is 5.41 Å². The van der Waals surface area contributed by atoms with Crippen LogP contribution in [0.15, 0.2) is 78.9 Å². The van der Waals surface area contributed by atoms with Crippen LogP contribution in [-0.2, 0) is 26.4 Å². The van der Waals surface area contributed by atoms with Crippen molar-refractivity contribution in [3.05, 3.63) is 106 Å². The summed E-state index contributed by atoms with van der Waals surface area (Å²) in [6.45, 7) is 6.72. The van der Waals surface area contributed by atoms with Gasteiger partial charge in [0.05, 0.1) is 4.88 Å². The van der Waals surface area contributed by atoms with Crippen LogP contribution in [-0.4, -0.2) is 56.4 Å². The van der Waals surface area contributed by atoms with Crippen LogP contribution in [0.1, 0.15) is 71.1 Å². The van der Waals surface area contributed by atoms with Gasteiger partial charge in [-0.15, -0.1) is 11.3 Å². The molecule has 9 nitrogen and oxygen atoms in total. The molecule has 0 radical (unpaired) electrons. The van der Waals surface area contributed by atoms with E-state index < -0.39 is 48.1 Å². The molecule has 3 N–H and O–H groups in total. The van der Waals surface area contributed by atoms with Gasteiger partial charge in [-0.2, -0.15) is 8.78 Å². The molecular formula is C35H36F2N3O6PS. The minimum atomic E-state index is -5.78. The van der Waals surface area contributed by atoms with Crippen molar-refractivity contribution in [2.75, 3.05) is 13.1 Å². The number of alkyl halides is 2. The first-order valence-electron chi connectivity index (χ1n) is 15.6. The van der Waals surface area contributed by atoms with E-state index in [1.54, 1.807) is 4.90 Å². The van der Waals surface area contributed by atoms with Gasteiger partial charge in [-0.1, -0.05) is 81.4 Å². The van der Waals surface area contributed by atoms with Gasteiger partial charge in [0.25, 0.3) is 5.91 Å². The lowest BCUT2D eigenvalue weighted by atomic mass is 9.85. The average Bonchev–Trinajstić information content (AvgIpc) is 3.79. The van der Waals surface area contributed by atoms with Crippen LogP contribution < -0.4 is 5.32 Å². The van der Waals surface area contributed by atoms with Gasteiger partial charge < -0.3 is 24.9 Å².